The molecule has 1 fully saturated rings. The molecule has 12 heteroatoms. The minimum Gasteiger partial charge on any atom is -0.494 e. The van der Waals surface area contributed by atoms with Gasteiger partial charge in [0.15, 0.2) is 17.0 Å². The van der Waals surface area contributed by atoms with Crippen LogP contribution in [0.25, 0.3) is 16.9 Å². The van der Waals surface area contributed by atoms with E-state index < -0.39 is 10.0 Å². The number of hydrogen-bond acceptors (Lipinski definition) is 9. The van der Waals surface area contributed by atoms with Gasteiger partial charge < -0.3 is 9.64 Å². The summed E-state index contributed by atoms with van der Waals surface area (Å²) >= 11 is 0. The lowest BCUT2D eigenvalue weighted by Crippen LogP contribution is -2.49. The molecule has 1 aromatic carbocycles. The van der Waals surface area contributed by atoms with Gasteiger partial charge in [0, 0.05) is 38.6 Å². The van der Waals surface area contributed by atoms with Crippen molar-refractivity contribution < 1.29 is 13.2 Å². The zero-order valence-electron chi connectivity index (χ0n) is 17.9. The normalized spacial score (nSPS) is 15.1. The smallest absolute Gasteiger partial charge is 0.244 e. The molecule has 0 bridgehead atoms. The van der Waals surface area contributed by atoms with E-state index in [9.17, 15) is 8.42 Å². The first kappa shape index (κ1) is 21.2. The second-order valence-corrected chi connectivity index (χ2v) is 9.32. The summed E-state index contributed by atoms with van der Waals surface area (Å²) < 4.78 is 34.4. The number of aromatic nitrogens is 6. The Morgan fingerprint density at radius 3 is 2.52 bits per heavy atom. The molecule has 1 saturated heterocycles. The van der Waals surface area contributed by atoms with Gasteiger partial charge in [-0.05, 0) is 43.3 Å². The van der Waals surface area contributed by atoms with Gasteiger partial charge >= 0.3 is 0 Å². The quantitative estimate of drug-likeness (QED) is 0.416. The lowest BCUT2D eigenvalue weighted by Gasteiger charge is -2.34. The molecule has 4 heterocycles. The van der Waals surface area contributed by atoms with Gasteiger partial charge in [-0.3, -0.25) is 4.98 Å². The molecule has 4 aromatic rings. The highest BCUT2D eigenvalue weighted by atomic mass is 32.2. The average Bonchev–Trinajstić information content (AvgIpc) is 3.30. The third kappa shape index (κ3) is 3.98. The van der Waals surface area contributed by atoms with E-state index >= 15 is 0 Å². The number of sulfonamides is 1. The van der Waals surface area contributed by atoms with Gasteiger partial charge in [-0.2, -0.15) is 8.99 Å². The second-order valence-electron chi connectivity index (χ2n) is 7.38. The molecule has 3 aromatic heterocycles. The number of rotatable bonds is 6. The number of benzene rings is 1. The zero-order chi connectivity index (χ0) is 22.8. The zero-order valence-corrected chi connectivity index (χ0v) is 18.8. The topological polar surface area (TPSA) is 119 Å². The van der Waals surface area contributed by atoms with Gasteiger partial charge in [0.25, 0.3) is 0 Å². The highest BCUT2D eigenvalue weighted by molar-refractivity contribution is 7.89. The number of fused-ring (bicyclic) bond motifs is 1. The molecule has 0 radical (unpaired) electrons. The number of piperazine rings is 1. The van der Waals surface area contributed by atoms with Gasteiger partial charge in [-0.25, -0.2) is 18.4 Å². The van der Waals surface area contributed by atoms with Crippen molar-refractivity contribution in [2.75, 3.05) is 37.7 Å². The lowest BCUT2D eigenvalue weighted by atomic mass is 10.3. The first-order chi connectivity index (χ1) is 16.1. The Kier molecular flexibility index (Phi) is 5.60. The molecule has 0 N–H and O–H groups in total. The van der Waals surface area contributed by atoms with Crippen LogP contribution in [0, 0.1) is 0 Å². The van der Waals surface area contributed by atoms with Crippen LogP contribution in [-0.4, -0.2) is 75.5 Å². The molecular weight excluding hydrogens is 444 g/mol. The van der Waals surface area contributed by atoms with Crippen molar-refractivity contribution in [1.29, 1.82) is 0 Å². The minimum atomic E-state index is -3.58. The monoisotopic (exact) mass is 466 g/mol. The molecule has 1 aliphatic heterocycles. The number of pyridine rings is 1. The van der Waals surface area contributed by atoms with Crippen LogP contribution in [0.15, 0.2) is 60.0 Å². The van der Waals surface area contributed by atoms with Gasteiger partial charge in [0.1, 0.15) is 17.0 Å². The van der Waals surface area contributed by atoms with Gasteiger partial charge in [-0.1, -0.05) is 5.21 Å². The molecule has 0 atom stereocenters. The summed E-state index contributed by atoms with van der Waals surface area (Å²) in [6.07, 6.45) is 4.40. The molecular formula is C21H22N8O3S. The minimum absolute atomic E-state index is 0.196. The molecule has 5 rings (SSSR count). The van der Waals surface area contributed by atoms with E-state index in [0.29, 0.717) is 49.8 Å². The number of ether oxygens (including phenoxy) is 1. The Morgan fingerprint density at radius 2 is 1.82 bits per heavy atom. The van der Waals surface area contributed by atoms with E-state index in [4.69, 9.17) is 4.74 Å². The molecule has 0 amide bonds. The fourth-order valence-corrected chi connectivity index (χ4v) is 5.17. The maximum atomic E-state index is 12.9. The fraction of sp³-hybridized carbons (Fsp3) is 0.286. The van der Waals surface area contributed by atoms with Crippen LogP contribution in [-0.2, 0) is 10.0 Å². The first-order valence-corrected chi connectivity index (χ1v) is 12.0. The van der Waals surface area contributed by atoms with Crippen molar-refractivity contribution in [3.05, 3.63) is 55.1 Å². The molecule has 33 heavy (non-hydrogen) atoms. The average molecular weight is 467 g/mol. The van der Waals surface area contributed by atoms with Crippen LogP contribution in [0.5, 0.6) is 5.75 Å². The van der Waals surface area contributed by atoms with E-state index in [1.807, 2.05) is 36.1 Å². The standard InChI is InChI=1S/C21H22N8O3S/c1-2-32-17-7-5-16(6-8-17)29-21-19(25-26-29)20(23-15-24-21)27-10-12-28(13-11-27)33(30,31)18-4-3-9-22-14-18/h3-9,14-15H,2,10-13H2,1H3. The van der Waals surface area contributed by atoms with Crippen LogP contribution in [0.1, 0.15) is 6.92 Å². The predicted octanol–water partition coefficient (Wildman–Crippen LogP) is 1.52. The van der Waals surface area contributed by atoms with Crippen molar-refractivity contribution >= 4 is 27.0 Å². The summed E-state index contributed by atoms with van der Waals surface area (Å²) in [5.74, 6) is 1.41. The number of nitrogens with zero attached hydrogens (tertiary/aromatic N) is 8. The second kappa shape index (κ2) is 8.71. The summed E-state index contributed by atoms with van der Waals surface area (Å²) in [6.45, 7) is 4.14. The van der Waals surface area contributed by atoms with Crippen LogP contribution in [0.2, 0.25) is 0 Å². The van der Waals surface area contributed by atoms with E-state index in [2.05, 4.69) is 25.3 Å². The summed E-state index contributed by atoms with van der Waals surface area (Å²) in [5.41, 5.74) is 1.95. The third-order valence-electron chi connectivity index (χ3n) is 5.42. The van der Waals surface area contributed by atoms with Gasteiger partial charge in [0.05, 0.1) is 12.3 Å². The third-order valence-corrected chi connectivity index (χ3v) is 7.30. The van der Waals surface area contributed by atoms with Crippen molar-refractivity contribution in [2.24, 2.45) is 0 Å². The van der Waals surface area contributed by atoms with Crippen molar-refractivity contribution in [3.63, 3.8) is 0 Å². The van der Waals surface area contributed by atoms with Crippen molar-refractivity contribution in [3.8, 4) is 11.4 Å². The number of anilines is 1. The van der Waals surface area contributed by atoms with E-state index in [0.717, 1.165) is 11.4 Å². The molecule has 0 aliphatic carbocycles. The summed E-state index contributed by atoms with van der Waals surface area (Å²) in [7, 11) is -3.58. The predicted molar refractivity (Wildman–Crippen MR) is 121 cm³/mol. The Balaban J connectivity index is 1.37. The van der Waals surface area contributed by atoms with E-state index in [1.165, 1.54) is 16.8 Å². The van der Waals surface area contributed by atoms with E-state index in [-0.39, 0.29) is 4.90 Å². The molecule has 1 aliphatic rings. The van der Waals surface area contributed by atoms with Crippen LogP contribution < -0.4 is 9.64 Å². The fourth-order valence-electron chi connectivity index (χ4n) is 3.78. The largest absolute Gasteiger partial charge is 0.494 e. The Hall–Kier alpha value is -3.64. The highest BCUT2D eigenvalue weighted by Gasteiger charge is 2.30. The SMILES string of the molecule is CCOc1ccc(-n2nnc3c(N4CCN(S(=O)(=O)c5cccnc5)CC4)ncnc32)cc1. The Labute approximate surface area is 190 Å². The van der Waals surface area contributed by atoms with E-state index in [1.54, 1.807) is 23.0 Å². The molecule has 0 unspecified atom stereocenters. The maximum absolute atomic E-state index is 12.9. The highest BCUT2D eigenvalue weighted by Crippen LogP contribution is 2.25. The Morgan fingerprint density at radius 1 is 1.03 bits per heavy atom. The first-order valence-electron chi connectivity index (χ1n) is 10.5. The molecule has 170 valence electrons. The van der Waals surface area contributed by atoms with Crippen LogP contribution in [0.3, 0.4) is 0 Å². The maximum Gasteiger partial charge on any atom is 0.244 e. The molecule has 0 spiro atoms. The summed E-state index contributed by atoms with van der Waals surface area (Å²) in [5, 5.41) is 8.59. The lowest BCUT2D eigenvalue weighted by molar-refractivity contribution is 0.340. The Bertz CT molecular complexity index is 1350. The van der Waals surface area contributed by atoms with Crippen LogP contribution in [0.4, 0.5) is 5.82 Å². The van der Waals surface area contributed by atoms with Gasteiger partial charge in [0.2, 0.25) is 10.0 Å². The van der Waals surface area contributed by atoms with Crippen LogP contribution >= 0.6 is 0 Å². The summed E-state index contributed by atoms with van der Waals surface area (Å²) in [4.78, 5) is 14.9. The number of hydrogen-bond donors (Lipinski definition) is 0. The van der Waals surface area contributed by atoms with Gasteiger partial charge in [-0.15, -0.1) is 5.10 Å². The molecule has 0 saturated carbocycles. The van der Waals surface area contributed by atoms with Crippen molar-refractivity contribution in [2.45, 2.75) is 11.8 Å². The summed E-state index contributed by atoms with van der Waals surface area (Å²) in [6, 6.07) is 10.7. The van der Waals surface area contributed by atoms with Crippen molar-refractivity contribution in [1.82, 2.24) is 34.3 Å². The molecule has 11 nitrogen and oxygen atoms in total.